The highest BCUT2D eigenvalue weighted by Crippen LogP contribution is 2.43. The second kappa shape index (κ2) is 5.92. The summed E-state index contributed by atoms with van der Waals surface area (Å²) in [5.41, 5.74) is 3.39. The summed E-state index contributed by atoms with van der Waals surface area (Å²) in [4.78, 5) is 28.3. The Labute approximate surface area is 146 Å². The third kappa shape index (κ3) is 2.73. The molecular formula is C18H22N4OS. The summed E-state index contributed by atoms with van der Waals surface area (Å²) < 4.78 is 0. The standard InChI is InChI=1S/C18H22N4OS/c1-12-19-9-14-4-6-18(17(14)20-12)5-3-7-22(11-18)16(23)8-15-10-24-13(2)21-15/h9-10H,3-8,11H2,1-2H3. The molecule has 1 aliphatic heterocycles. The van der Waals surface area contributed by atoms with Crippen molar-refractivity contribution < 1.29 is 4.79 Å². The van der Waals surface area contributed by atoms with Crippen LogP contribution in [0.3, 0.4) is 0 Å². The van der Waals surface area contributed by atoms with Crippen molar-refractivity contribution in [1.29, 1.82) is 0 Å². The molecule has 1 unspecified atom stereocenters. The van der Waals surface area contributed by atoms with E-state index in [1.54, 1.807) is 11.3 Å². The lowest BCUT2D eigenvalue weighted by Gasteiger charge is -2.40. The fourth-order valence-electron chi connectivity index (χ4n) is 4.13. The summed E-state index contributed by atoms with van der Waals surface area (Å²) in [5, 5.41) is 3.01. The van der Waals surface area contributed by atoms with Gasteiger partial charge in [-0.3, -0.25) is 4.79 Å². The van der Waals surface area contributed by atoms with E-state index in [4.69, 9.17) is 4.98 Å². The molecule has 5 nitrogen and oxygen atoms in total. The van der Waals surface area contributed by atoms with E-state index in [0.29, 0.717) is 6.42 Å². The number of thiazole rings is 1. The Balaban J connectivity index is 1.54. The van der Waals surface area contributed by atoms with Gasteiger partial charge in [0.1, 0.15) is 5.82 Å². The van der Waals surface area contributed by atoms with E-state index in [-0.39, 0.29) is 11.3 Å². The Morgan fingerprint density at radius 1 is 1.33 bits per heavy atom. The molecule has 0 radical (unpaired) electrons. The number of aromatic nitrogens is 3. The van der Waals surface area contributed by atoms with Crippen LogP contribution in [0.25, 0.3) is 0 Å². The Kier molecular flexibility index (Phi) is 3.87. The van der Waals surface area contributed by atoms with Crippen molar-refractivity contribution in [2.24, 2.45) is 0 Å². The maximum absolute atomic E-state index is 12.8. The minimum Gasteiger partial charge on any atom is -0.341 e. The largest absolute Gasteiger partial charge is 0.341 e. The normalized spacial score (nSPS) is 22.8. The van der Waals surface area contributed by atoms with Gasteiger partial charge < -0.3 is 4.90 Å². The van der Waals surface area contributed by atoms with Crippen LogP contribution in [0.15, 0.2) is 11.6 Å². The Bertz CT molecular complexity index is 783. The Morgan fingerprint density at radius 3 is 3.00 bits per heavy atom. The molecule has 0 bridgehead atoms. The number of piperidine rings is 1. The van der Waals surface area contributed by atoms with Crippen LogP contribution in [-0.4, -0.2) is 38.8 Å². The zero-order valence-electron chi connectivity index (χ0n) is 14.2. The van der Waals surface area contributed by atoms with Gasteiger partial charge in [-0.25, -0.2) is 15.0 Å². The van der Waals surface area contributed by atoms with Crippen molar-refractivity contribution in [2.75, 3.05) is 13.1 Å². The molecule has 24 heavy (non-hydrogen) atoms. The van der Waals surface area contributed by atoms with E-state index < -0.39 is 0 Å². The van der Waals surface area contributed by atoms with Crippen LogP contribution in [0, 0.1) is 13.8 Å². The molecule has 1 fully saturated rings. The highest BCUT2D eigenvalue weighted by atomic mass is 32.1. The van der Waals surface area contributed by atoms with Crippen LogP contribution in [0.4, 0.5) is 0 Å². The monoisotopic (exact) mass is 342 g/mol. The summed E-state index contributed by atoms with van der Waals surface area (Å²) in [7, 11) is 0. The average Bonchev–Trinajstić information content (AvgIpc) is 3.12. The Morgan fingerprint density at radius 2 is 2.21 bits per heavy atom. The van der Waals surface area contributed by atoms with Crippen molar-refractivity contribution in [2.45, 2.75) is 51.4 Å². The summed E-state index contributed by atoms with van der Waals surface area (Å²) >= 11 is 1.61. The van der Waals surface area contributed by atoms with Gasteiger partial charge in [0.15, 0.2) is 0 Å². The first-order chi connectivity index (χ1) is 11.6. The summed E-state index contributed by atoms with van der Waals surface area (Å²) in [6.07, 6.45) is 6.67. The van der Waals surface area contributed by atoms with E-state index >= 15 is 0 Å². The van der Waals surface area contributed by atoms with Crippen molar-refractivity contribution in [1.82, 2.24) is 19.9 Å². The lowest BCUT2D eigenvalue weighted by molar-refractivity contribution is -0.132. The molecule has 0 N–H and O–H groups in total. The van der Waals surface area contributed by atoms with Crippen molar-refractivity contribution in [3.05, 3.63) is 39.4 Å². The molecule has 2 aromatic rings. The molecule has 6 heteroatoms. The zero-order chi connectivity index (χ0) is 16.7. The molecule has 1 saturated heterocycles. The van der Waals surface area contributed by atoms with Crippen LogP contribution < -0.4 is 0 Å². The zero-order valence-corrected chi connectivity index (χ0v) is 15.0. The van der Waals surface area contributed by atoms with E-state index in [9.17, 15) is 4.79 Å². The van der Waals surface area contributed by atoms with E-state index in [1.165, 1.54) is 11.3 Å². The van der Waals surface area contributed by atoms with E-state index in [0.717, 1.165) is 55.3 Å². The minimum atomic E-state index is 0.0366. The summed E-state index contributed by atoms with van der Waals surface area (Å²) in [6.45, 7) is 5.57. The SMILES string of the molecule is Cc1ncc2c(n1)C1(CCCN(C(=O)Cc3csc(C)n3)C1)CC2. The van der Waals surface area contributed by atoms with Gasteiger partial charge >= 0.3 is 0 Å². The number of rotatable bonds is 2. The van der Waals surface area contributed by atoms with Crippen molar-refractivity contribution in [3.63, 3.8) is 0 Å². The lowest BCUT2D eigenvalue weighted by atomic mass is 9.77. The molecule has 1 spiro atoms. The summed E-state index contributed by atoms with van der Waals surface area (Å²) in [5.74, 6) is 1.02. The molecule has 1 aliphatic carbocycles. The molecule has 4 rings (SSSR count). The minimum absolute atomic E-state index is 0.0366. The first-order valence-corrected chi connectivity index (χ1v) is 9.45. The van der Waals surface area contributed by atoms with Gasteiger partial charge in [0, 0.05) is 30.1 Å². The first kappa shape index (κ1) is 15.7. The number of fused-ring (bicyclic) bond motifs is 2. The number of hydrogen-bond donors (Lipinski definition) is 0. The highest BCUT2D eigenvalue weighted by Gasteiger charge is 2.44. The van der Waals surface area contributed by atoms with E-state index in [2.05, 4.69) is 9.97 Å². The van der Waals surface area contributed by atoms with Crippen LogP contribution in [0.1, 0.15) is 47.0 Å². The van der Waals surface area contributed by atoms with Gasteiger partial charge in [-0.1, -0.05) is 0 Å². The molecule has 2 aliphatic rings. The van der Waals surface area contributed by atoms with Crippen LogP contribution in [-0.2, 0) is 23.1 Å². The molecule has 1 atom stereocenters. The van der Waals surface area contributed by atoms with Gasteiger partial charge in [-0.2, -0.15) is 0 Å². The number of hydrogen-bond acceptors (Lipinski definition) is 5. The predicted octanol–water partition coefficient (Wildman–Crippen LogP) is 2.60. The molecule has 2 aromatic heterocycles. The van der Waals surface area contributed by atoms with Gasteiger partial charge in [-0.15, -0.1) is 11.3 Å². The number of amides is 1. The van der Waals surface area contributed by atoms with Gasteiger partial charge in [0.2, 0.25) is 5.91 Å². The topological polar surface area (TPSA) is 59.0 Å². The van der Waals surface area contributed by atoms with E-state index in [1.807, 2.05) is 30.3 Å². The quantitative estimate of drug-likeness (QED) is 0.842. The molecule has 1 amide bonds. The number of carbonyl (C=O) groups excluding carboxylic acids is 1. The molecular weight excluding hydrogens is 320 g/mol. The number of aryl methyl sites for hydroxylation is 3. The predicted molar refractivity (Wildman–Crippen MR) is 93.1 cm³/mol. The fraction of sp³-hybridized carbons (Fsp3) is 0.556. The first-order valence-electron chi connectivity index (χ1n) is 8.57. The molecule has 0 saturated carbocycles. The number of likely N-dealkylation sites (tertiary alicyclic amines) is 1. The van der Waals surface area contributed by atoms with Gasteiger partial charge in [-0.05, 0) is 45.1 Å². The molecule has 126 valence electrons. The summed E-state index contributed by atoms with van der Waals surface area (Å²) in [6, 6.07) is 0. The fourth-order valence-corrected chi connectivity index (χ4v) is 4.74. The lowest BCUT2D eigenvalue weighted by Crippen LogP contribution is -2.48. The second-order valence-electron chi connectivity index (χ2n) is 7.02. The van der Waals surface area contributed by atoms with Crippen LogP contribution in [0.5, 0.6) is 0 Å². The third-order valence-corrected chi connectivity index (χ3v) is 6.11. The molecule has 0 aromatic carbocycles. The second-order valence-corrected chi connectivity index (χ2v) is 8.09. The maximum Gasteiger partial charge on any atom is 0.228 e. The highest BCUT2D eigenvalue weighted by molar-refractivity contribution is 7.09. The number of carbonyl (C=O) groups is 1. The molecule has 3 heterocycles. The van der Waals surface area contributed by atoms with Crippen LogP contribution in [0.2, 0.25) is 0 Å². The van der Waals surface area contributed by atoms with Gasteiger partial charge in [0.05, 0.1) is 22.8 Å². The smallest absolute Gasteiger partial charge is 0.228 e. The third-order valence-electron chi connectivity index (χ3n) is 5.29. The Hall–Kier alpha value is -1.82. The van der Waals surface area contributed by atoms with Gasteiger partial charge in [0.25, 0.3) is 0 Å². The average molecular weight is 342 g/mol. The van der Waals surface area contributed by atoms with Crippen molar-refractivity contribution in [3.8, 4) is 0 Å². The van der Waals surface area contributed by atoms with Crippen LogP contribution >= 0.6 is 11.3 Å². The number of nitrogens with zero attached hydrogens (tertiary/aromatic N) is 4. The maximum atomic E-state index is 12.8. The van der Waals surface area contributed by atoms with Crippen molar-refractivity contribution >= 4 is 17.2 Å².